The fourth-order valence-corrected chi connectivity index (χ4v) is 8.99. The molecule has 0 fully saturated rings. The van der Waals surface area contributed by atoms with Crippen LogP contribution < -0.4 is 0 Å². The Hall–Kier alpha value is -7.69. The molecule has 9 aromatic carbocycles. The van der Waals surface area contributed by atoms with E-state index >= 15 is 0 Å². The summed E-state index contributed by atoms with van der Waals surface area (Å²) < 4.78 is 8.91. The van der Waals surface area contributed by atoms with Crippen LogP contribution in [0.3, 0.4) is 0 Å². The molecule has 0 saturated heterocycles. The van der Waals surface area contributed by atoms with E-state index in [0.717, 1.165) is 50.0 Å². The molecular weight excluding hydrogens is 707 g/mol. The zero-order valence-corrected chi connectivity index (χ0v) is 31.4. The minimum absolute atomic E-state index is 0.245. The molecule has 2 aromatic heterocycles. The summed E-state index contributed by atoms with van der Waals surface area (Å²) in [6.45, 7) is 0. The van der Waals surface area contributed by atoms with E-state index in [9.17, 15) is 0 Å². The Labute approximate surface area is 334 Å². The number of nitrogens with zero attached hydrogens (tertiary/aromatic N) is 3. The number of aromatic nitrogens is 1. The van der Waals surface area contributed by atoms with Gasteiger partial charge in [-0.1, -0.05) is 170 Å². The van der Waals surface area contributed by atoms with Gasteiger partial charge in [-0.15, -0.1) is 0 Å². The fraction of sp³-hybridized carbons (Fsp3) is 0.0185. The Kier molecular flexibility index (Phi) is 7.26. The summed E-state index contributed by atoms with van der Waals surface area (Å²) in [6, 6.07) is 68.8. The molecule has 0 radical (unpaired) electrons. The zero-order valence-electron chi connectivity index (χ0n) is 31.4. The Bertz CT molecular complexity index is 3370. The van der Waals surface area contributed by atoms with Crippen LogP contribution in [0.1, 0.15) is 22.7 Å². The Morgan fingerprint density at radius 1 is 0.466 bits per heavy atom. The lowest BCUT2D eigenvalue weighted by Gasteiger charge is -2.33. The van der Waals surface area contributed by atoms with Crippen LogP contribution in [0.5, 0.6) is 0 Å². The highest BCUT2D eigenvalue weighted by Crippen LogP contribution is 2.42. The average molecular weight is 741 g/mol. The molecular formula is C54H34N3O-. The molecule has 4 heteroatoms. The van der Waals surface area contributed by atoms with Crippen molar-refractivity contribution in [1.82, 2.24) is 4.57 Å². The third kappa shape index (κ3) is 5.12. The predicted molar refractivity (Wildman–Crippen MR) is 242 cm³/mol. The van der Waals surface area contributed by atoms with Gasteiger partial charge in [0.25, 0.3) is 0 Å². The van der Waals surface area contributed by atoms with Crippen LogP contribution in [0.4, 0.5) is 0 Å². The van der Waals surface area contributed by atoms with Crippen LogP contribution in [0.2, 0.25) is 0 Å². The Morgan fingerprint density at radius 3 is 1.76 bits per heavy atom. The number of para-hydroxylation sites is 2. The third-order valence-electron chi connectivity index (χ3n) is 11.8. The molecule has 1 aliphatic heterocycles. The van der Waals surface area contributed by atoms with E-state index in [-0.39, 0.29) is 6.04 Å². The normalized spacial score (nSPS) is 14.4. The van der Waals surface area contributed by atoms with Crippen LogP contribution in [0, 0.1) is 0 Å². The first-order valence-electron chi connectivity index (χ1n) is 19.8. The maximum Gasteiger partial charge on any atom is 0.142 e. The van der Waals surface area contributed by atoms with Gasteiger partial charge in [0.05, 0.1) is 11.0 Å². The summed E-state index contributed by atoms with van der Waals surface area (Å²) in [5.74, 6) is 0.657. The van der Waals surface area contributed by atoms with Gasteiger partial charge in [0.2, 0.25) is 0 Å². The van der Waals surface area contributed by atoms with Crippen molar-refractivity contribution in [2.45, 2.75) is 6.04 Å². The number of furan rings is 1. The van der Waals surface area contributed by atoms with Gasteiger partial charge in [-0.2, -0.15) is 0 Å². The minimum Gasteiger partial charge on any atom is -0.455 e. The fourth-order valence-electron chi connectivity index (χ4n) is 8.99. The number of aliphatic imine (C=N–C) groups is 1. The van der Waals surface area contributed by atoms with Gasteiger partial charge in [-0.3, -0.25) is 0 Å². The molecule has 11 aromatic rings. The molecule has 272 valence electrons. The second kappa shape index (κ2) is 12.9. The lowest BCUT2D eigenvalue weighted by molar-refractivity contribution is 0.668. The maximum absolute atomic E-state index is 6.50. The molecule has 3 heterocycles. The first kappa shape index (κ1) is 32.5. The van der Waals surface area contributed by atoms with E-state index in [0.29, 0.717) is 5.84 Å². The lowest BCUT2D eigenvalue weighted by Crippen LogP contribution is -2.11. The van der Waals surface area contributed by atoms with Gasteiger partial charge in [0, 0.05) is 38.8 Å². The highest BCUT2D eigenvalue weighted by atomic mass is 16.3. The van der Waals surface area contributed by atoms with Gasteiger partial charge in [-0.05, 0) is 85.7 Å². The van der Waals surface area contributed by atoms with Gasteiger partial charge in [-0.25, -0.2) is 0 Å². The third-order valence-corrected chi connectivity index (χ3v) is 11.8. The smallest absolute Gasteiger partial charge is 0.142 e. The van der Waals surface area contributed by atoms with E-state index in [1.54, 1.807) is 0 Å². The zero-order chi connectivity index (χ0) is 38.2. The molecule has 0 amide bonds. The molecule has 0 bridgehead atoms. The first-order valence-corrected chi connectivity index (χ1v) is 19.8. The number of hydrogen-bond acceptors (Lipinski definition) is 2. The minimum atomic E-state index is -0.245. The molecule has 1 aliphatic rings. The monoisotopic (exact) mass is 740 g/mol. The van der Waals surface area contributed by atoms with E-state index in [2.05, 4.69) is 187 Å². The summed E-state index contributed by atoms with van der Waals surface area (Å²) in [5, 5.41) is 15.0. The van der Waals surface area contributed by atoms with E-state index < -0.39 is 0 Å². The van der Waals surface area contributed by atoms with Crippen LogP contribution >= 0.6 is 0 Å². The Morgan fingerprint density at radius 2 is 1.05 bits per heavy atom. The standard InChI is InChI=1S/C54H34N3O/c1-2-11-34(12-3-1)35-21-23-38(24-22-35)46-33-47(56-54(55-46)45-19-10-18-44-43-17-8-9-20-50(43)58-53(44)45)39-25-29-40(30-26-39)57-48-31-27-36-13-4-6-15-41(36)51(48)52-42-16-7-5-14-37(42)28-32-49(52)57/h1-33,46H/q-1. The van der Waals surface area contributed by atoms with Crippen molar-refractivity contribution in [3.05, 3.63) is 222 Å². The van der Waals surface area contributed by atoms with E-state index in [4.69, 9.17) is 14.7 Å². The van der Waals surface area contributed by atoms with Crippen molar-refractivity contribution in [3.63, 3.8) is 0 Å². The van der Waals surface area contributed by atoms with Crippen molar-refractivity contribution in [2.24, 2.45) is 4.99 Å². The summed E-state index contributed by atoms with van der Waals surface area (Å²) in [5.41, 5.74) is 11.4. The largest absolute Gasteiger partial charge is 0.455 e. The molecule has 4 nitrogen and oxygen atoms in total. The van der Waals surface area contributed by atoms with Gasteiger partial charge in [0.1, 0.15) is 11.2 Å². The molecule has 0 aliphatic carbocycles. The highest BCUT2D eigenvalue weighted by molar-refractivity contribution is 6.28. The van der Waals surface area contributed by atoms with Crippen LogP contribution in [0.25, 0.3) is 93.1 Å². The van der Waals surface area contributed by atoms with E-state index in [1.807, 2.05) is 18.2 Å². The number of fused-ring (bicyclic) bond motifs is 10. The molecule has 0 N–H and O–H groups in total. The molecule has 0 saturated carbocycles. The predicted octanol–water partition coefficient (Wildman–Crippen LogP) is 14.6. The van der Waals surface area contributed by atoms with Crippen molar-refractivity contribution < 1.29 is 4.42 Å². The summed E-state index contributed by atoms with van der Waals surface area (Å²) in [6.07, 6.45) is 2.19. The van der Waals surface area contributed by atoms with Crippen LogP contribution in [-0.4, -0.2) is 10.4 Å². The summed E-state index contributed by atoms with van der Waals surface area (Å²) in [7, 11) is 0. The quantitative estimate of drug-likeness (QED) is 0.173. The number of amidine groups is 1. The van der Waals surface area contributed by atoms with Crippen LogP contribution in [0.15, 0.2) is 210 Å². The Balaban J connectivity index is 1.01. The van der Waals surface area contributed by atoms with Crippen LogP contribution in [-0.2, 0) is 0 Å². The van der Waals surface area contributed by atoms with E-state index in [1.165, 1.54) is 54.5 Å². The number of rotatable bonds is 5. The second-order valence-electron chi connectivity index (χ2n) is 15.1. The molecule has 12 rings (SSSR count). The molecule has 0 spiro atoms. The lowest BCUT2D eigenvalue weighted by atomic mass is 9.97. The SMILES string of the molecule is C1=C(c2ccc(-n3c4ccc5ccccc5c4c4c5ccccc5ccc43)cc2)N=C(c2cccc3c2oc2ccccc23)[N-]C1c1ccc(-c2ccccc2)cc1. The summed E-state index contributed by atoms with van der Waals surface area (Å²) in [4.78, 5) is 5.29. The first-order chi connectivity index (χ1) is 28.7. The van der Waals surface area contributed by atoms with Gasteiger partial charge < -0.3 is 19.3 Å². The number of benzene rings is 9. The maximum atomic E-state index is 6.50. The van der Waals surface area contributed by atoms with Crippen molar-refractivity contribution in [2.75, 3.05) is 0 Å². The number of hydrogen-bond donors (Lipinski definition) is 0. The van der Waals surface area contributed by atoms with Crippen molar-refractivity contribution in [1.29, 1.82) is 0 Å². The topological polar surface area (TPSA) is 44.5 Å². The average Bonchev–Trinajstić information content (AvgIpc) is 3.86. The second-order valence-corrected chi connectivity index (χ2v) is 15.1. The summed E-state index contributed by atoms with van der Waals surface area (Å²) >= 11 is 0. The highest BCUT2D eigenvalue weighted by Gasteiger charge is 2.19. The van der Waals surface area contributed by atoms with Gasteiger partial charge >= 0.3 is 0 Å². The van der Waals surface area contributed by atoms with Gasteiger partial charge in [0.15, 0.2) is 0 Å². The molecule has 1 atom stereocenters. The van der Waals surface area contributed by atoms with Crippen molar-refractivity contribution >= 4 is 76.8 Å². The molecule has 1 unspecified atom stereocenters. The van der Waals surface area contributed by atoms with Crippen molar-refractivity contribution in [3.8, 4) is 16.8 Å². The molecule has 58 heavy (non-hydrogen) atoms.